The van der Waals surface area contributed by atoms with Gasteiger partial charge in [-0.05, 0) is 30.3 Å². The molecule has 5 rings (SSSR count). The molecule has 9 nitrogen and oxygen atoms in total. The van der Waals surface area contributed by atoms with Gasteiger partial charge in [-0.2, -0.15) is 0 Å². The second-order valence-electron chi connectivity index (χ2n) is 6.45. The summed E-state index contributed by atoms with van der Waals surface area (Å²) in [6.45, 7) is 0. The molecule has 3 aromatic carbocycles. The standard InChI is InChI=1S/C20H11N5O4/c26-19(10-3-1-2-4-15(10)25(28)29)23-18-11-5-7-13-17-14(22-9-21-13)8-6-12(16(11)17)20(27)24-18/h1-9H,(H2,23,24,26,27). The quantitative estimate of drug-likeness (QED) is 0.278. The molecule has 0 aliphatic carbocycles. The largest absolute Gasteiger partial charge is 0.308 e. The maximum Gasteiger partial charge on any atom is 0.282 e. The topological polar surface area (TPSA) is 131 Å². The average molecular weight is 385 g/mol. The molecule has 2 heterocycles. The van der Waals surface area contributed by atoms with Crippen molar-refractivity contribution in [1.82, 2.24) is 15.0 Å². The Bertz CT molecular complexity index is 1490. The molecule has 2 N–H and O–H groups in total. The molecule has 2 aromatic heterocycles. The second kappa shape index (κ2) is 6.06. The molecule has 0 atom stereocenters. The normalized spacial score (nSPS) is 11.3. The number of hydrogen-bond acceptors (Lipinski definition) is 6. The summed E-state index contributed by atoms with van der Waals surface area (Å²) in [5, 5.41) is 16.2. The average Bonchev–Trinajstić information content (AvgIpc) is 2.73. The number of carbonyl (C=O) groups excluding carboxylic acids is 1. The molecular weight excluding hydrogens is 374 g/mol. The van der Waals surface area contributed by atoms with Gasteiger partial charge in [-0.15, -0.1) is 0 Å². The molecular formula is C20H11N5O4. The number of nitrogens with one attached hydrogen (secondary N) is 2. The number of anilines is 1. The van der Waals surface area contributed by atoms with E-state index in [4.69, 9.17) is 0 Å². The van der Waals surface area contributed by atoms with Crippen LogP contribution in [0.25, 0.3) is 32.6 Å². The third kappa shape index (κ3) is 2.48. The Morgan fingerprint density at radius 1 is 0.966 bits per heavy atom. The first kappa shape index (κ1) is 16.8. The number of rotatable bonds is 3. The van der Waals surface area contributed by atoms with E-state index in [0.717, 1.165) is 5.39 Å². The summed E-state index contributed by atoms with van der Waals surface area (Å²) in [6, 6.07) is 12.5. The van der Waals surface area contributed by atoms with Gasteiger partial charge in [0.2, 0.25) is 0 Å². The van der Waals surface area contributed by atoms with Gasteiger partial charge in [-0.25, -0.2) is 9.97 Å². The molecule has 1 amide bonds. The van der Waals surface area contributed by atoms with E-state index in [9.17, 15) is 19.7 Å². The van der Waals surface area contributed by atoms with Crippen LogP contribution in [0.1, 0.15) is 10.4 Å². The third-order valence-corrected chi connectivity index (χ3v) is 4.85. The van der Waals surface area contributed by atoms with Gasteiger partial charge in [0.25, 0.3) is 17.2 Å². The van der Waals surface area contributed by atoms with Crippen molar-refractivity contribution in [3.8, 4) is 0 Å². The summed E-state index contributed by atoms with van der Waals surface area (Å²) >= 11 is 0. The fourth-order valence-corrected chi connectivity index (χ4v) is 3.58. The van der Waals surface area contributed by atoms with Gasteiger partial charge in [0, 0.05) is 27.6 Å². The van der Waals surface area contributed by atoms with Crippen molar-refractivity contribution in [2.24, 2.45) is 0 Å². The Hall–Kier alpha value is -4.40. The van der Waals surface area contributed by atoms with E-state index >= 15 is 0 Å². The highest BCUT2D eigenvalue weighted by atomic mass is 16.6. The second-order valence-corrected chi connectivity index (χ2v) is 6.45. The number of carbonyl (C=O) groups is 1. The Kier molecular flexibility index (Phi) is 3.50. The van der Waals surface area contributed by atoms with Gasteiger partial charge in [0.15, 0.2) is 0 Å². The zero-order valence-corrected chi connectivity index (χ0v) is 14.7. The molecule has 0 saturated heterocycles. The lowest BCUT2D eigenvalue weighted by Crippen LogP contribution is -2.18. The highest BCUT2D eigenvalue weighted by Gasteiger charge is 2.21. The minimum absolute atomic E-state index is 0.104. The Morgan fingerprint density at radius 3 is 2.38 bits per heavy atom. The number of amides is 1. The number of nitrogens with zero attached hydrogens (tertiary/aromatic N) is 3. The first-order chi connectivity index (χ1) is 14.0. The fraction of sp³-hybridized carbons (Fsp3) is 0. The van der Waals surface area contributed by atoms with Crippen LogP contribution in [0.2, 0.25) is 0 Å². The molecule has 0 aliphatic rings. The number of nitro groups is 1. The van der Waals surface area contributed by atoms with Crippen molar-refractivity contribution >= 4 is 50.0 Å². The van der Waals surface area contributed by atoms with Crippen LogP contribution in [0.15, 0.2) is 59.7 Å². The van der Waals surface area contributed by atoms with Gasteiger partial charge >= 0.3 is 0 Å². The maximum absolute atomic E-state index is 12.7. The van der Waals surface area contributed by atoms with Crippen molar-refractivity contribution < 1.29 is 9.72 Å². The zero-order chi connectivity index (χ0) is 20.1. The van der Waals surface area contributed by atoms with E-state index in [1.54, 1.807) is 24.3 Å². The SMILES string of the molecule is O=C(Nc1[nH]c(=O)c2ccc3ncnc4ccc1c2c43)c1ccccc1[N+](=O)[O-]. The molecule has 140 valence electrons. The zero-order valence-electron chi connectivity index (χ0n) is 14.7. The lowest BCUT2D eigenvalue weighted by molar-refractivity contribution is -0.385. The van der Waals surface area contributed by atoms with Crippen molar-refractivity contribution in [2.45, 2.75) is 0 Å². The minimum Gasteiger partial charge on any atom is -0.308 e. The van der Waals surface area contributed by atoms with Crippen LogP contribution in [-0.2, 0) is 0 Å². The van der Waals surface area contributed by atoms with Gasteiger partial charge in [0.05, 0.1) is 16.0 Å². The maximum atomic E-state index is 12.7. The summed E-state index contributed by atoms with van der Waals surface area (Å²) in [7, 11) is 0. The number of aromatic nitrogens is 3. The van der Waals surface area contributed by atoms with E-state index < -0.39 is 16.4 Å². The first-order valence-corrected chi connectivity index (χ1v) is 8.61. The summed E-state index contributed by atoms with van der Waals surface area (Å²) in [6.07, 6.45) is 1.45. The van der Waals surface area contributed by atoms with Crippen molar-refractivity contribution in [2.75, 3.05) is 5.32 Å². The third-order valence-electron chi connectivity index (χ3n) is 4.85. The lowest BCUT2D eigenvalue weighted by Gasteiger charge is -2.13. The molecule has 0 unspecified atom stereocenters. The minimum atomic E-state index is -0.695. The number of para-hydroxylation sites is 1. The van der Waals surface area contributed by atoms with E-state index in [0.29, 0.717) is 27.2 Å². The van der Waals surface area contributed by atoms with Gasteiger partial charge in [-0.3, -0.25) is 19.7 Å². The van der Waals surface area contributed by atoms with Crippen LogP contribution >= 0.6 is 0 Å². The summed E-state index contributed by atoms with van der Waals surface area (Å²) in [5.41, 5.74) is 0.531. The molecule has 0 spiro atoms. The van der Waals surface area contributed by atoms with Crippen LogP contribution in [0, 0.1) is 10.1 Å². The molecule has 0 fully saturated rings. The predicted molar refractivity (Wildman–Crippen MR) is 107 cm³/mol. The van der Waals surface area contributed by atoms with Gasteiger partial charge in [0.1, 0.15) is 17.7 Å². The van der Waals surface area contributed by atoms with Crippen LogP contribution in [0.3, 0.4) is 0 Å². The van der Waals surface area contributed by atoms with E-state index in [1.165, 1.54) is 30.6 Å². The number of hydrogen-bond donors (Lipinski definition) is 2. The highest BCUT2D eigenvalue weighted by Crippen LogP contribution is 2.33. The van der Waals surface area contributed by atoms with Crippen molar-refractivity contribution in [3.63, 3.8) is 0 Å². The van der Waals surface area contributed by atoms with Crippen LogP contribution in [0.4, 0.5) is 11.5 Å². The van der Waals surface area contributed by atoms with Crippen LogP contribution in [-0.4, -0.2) is 25.8 Å². The number of pyridine rings is 1. The first-order valence-electron chi connectivity index (χ1n) is 8.61. The van der Waals surface area contributed by atoms with Crippen molar-refractivity contribution in [1.29, 1.82) is 0 Å². The van der Waals surface area contributed by atoms with E-state index in [1.807, 2.05) is 0 Å². The number of benzene rings is 3. The lowest BCUT2D eigenvalue weighted by atomic mass is 10.00. The monoisotopic (exact) mass is 385 g/mol. The summed E-state index contributed by atoms with van der Waals surface area (Å²) in [4.78, 5) is 47.1. The smallest absolute Gasteiger partial charge is 0.282 e. The Morgan fingerprint density at radius 2 is 1.66 bits per heavy atom. The molecule has 29 heavy (non-hydrogen) atoms. The highest BCUT2D eigenvalue weighted by molar-refractivity contribution is 6.24. The molecule has 9 heteroatoms. The van der Waals surface area contributed by atoms with Crippen LogP contribution in [0.5, 0.6) is 0 Å². The molecule has 0 radical (unpaired) electrons. The molecule has 5 aromatic rings. The summed E-state index contributed by atoms with van der Waals surface area (Å²) < 4.78 is 0. The molecule has 0 bridgehead atoms. The molecule has 0 saturated carbocycles. The van der Waals surface area contributed by atoms with E-state index in [2.05, 4.69) is 20.3 Å². The number of H-pyrrole nitrogens is 1. The number of aromatic amines is 1. The Labute approximate surface area is 161 Å². The fourth-order valence-electron chi connectivity index (χ4n) is 3.58. The Balaban J connectivity index is 1.73. The van der Waals surface area contributed by atoms with E-state index in [-0.39, 0.29) is 17.1 Å². The molecule has 0 aliphatic heterocycles. The summed E-state index contributed by atoms with van der Waals surface area (Å²) in [5.74, 6) is -0.539. The number of nitro benzene ring substituents is 1. The van der Waals surface area contributed by atoms with Gasteiger partial charge in [-0.1, -0.05) is 12.1 Å². The van der Waals surface area contributed by atoms with Gasteiger partial charge < -0.3 is 10.3 Å². The van der Waals surface area contributed by atoms with Crippen LogP contribution < -0.4 is 10.9 Å². The van der Waals surface area contributed by atoms with Crippen molar-refractivity contribution in [3.05, 3.63) is 80.9 Å². The predicted octanol–water partition coefficient (Wildman–Crippen LogP) is 3.22.